The molecule has 0 aliphatic carbocycles. The predicted octanol–water partition coefficient (Wildman–Crippen LogP) is 4.45. The van der Waals surface area contributed by atoms with Crippen LogP contribution in [0.25, 0.3) is 0 Å². The average Bonchev–Trinajstić information content (AvgIpc) is 2.55. The zero-order valence-corrected chi connectivity index (χ0v) is 16.1. The third-order valence-corrected chi connectivity index (χ3v) is 4.26. The van der Waals surface area contributed by atoms with Crippen molar-refractivity contribution in [3.63, 3.8) is 0 Å². The second-order valence-corrected chi connectivity index (χ2v) is 7.11. The molecule has 3 aromatic heterocycles. The Hall–Kier alpha value is -2.11. The first kappa shape index (κ1) is 17.7. The lowest BCUT2D eigenvalue weighted by atomic mass is 10.2. The fraction of sp³-hybridized carbons (Fsp3) is 0.250. The van der Waals surface area contributed by atoms with Crippen molar-refractivity contribution in [3.05, 3.63) is 87.7 Å². The summed E-state index contributed by atoms with van der Waals surface area (Å²) in [5, 5.41) is 0. The minimum Gasteiger partial charge on any atom is -0.287 e. The highest BCUT2D eigenvalue weighted by molar-refractivity contribution is 9.10. The number of hydrogen-bond acceptors (Lipinski definition) is 4. The molecule has 0 radical (unpaired) electrons. The molecule has 3 aromatic rings. The van der Waals surface area contributed by atoms with Crippen LogP contribution in [0, 0.1) is 13.8 Å². The second-order valence-electron chi connectivity index (χ2n) is 6.20. The van der Waals surface area contributed by atoms with E-state index in [1.54, 1.807) is 6.20 Å². The van der Waals surface area contributed by atoms with Crippen molar-refractivity contribution in [2.45, 2.75) is 33.5 Å². The van der Waals surface area contributed by atoms with E-state index < -0.39 is 0 Å². The highest BCUT2D eigenvalue weighted by atomic mass is 79.9. The van der Waals surface area contributed by atoms with Crippen LogP contribution in [0.3, 0.4) is 0 Å². The van der Waals surface area contributed by atoms with Gasteiger partial charge in [-0.25, -0.2) is 0 Å². The summed E-state index contributed by atoms with van der Waals surface area (Å²) in [6, 6.07) is 14.4. The van der Waals surface area contributed by atoms with Crippen LogP contribution in [-0.4, -0.2) is 19.9 Å². The fourth-order valence-electron chi connectivity index (χ4n) is 2.80. The molecule has 3 heterocycles. The van der Waals surface area contributed by atoms with Gasteiger partial charge in [-0.05, 0) is 65.7 Å². The van der Waals surface area contributed by atoms with Gasteiger partial charge in [0, 0.05) is 47.9 Å². The maximum atomic E-state index is 4.64. The van der Waals surface area contributed by atoms with E-state index in [9.17, 15) is 0 Å². The lowest BCUT2D eigenvalue weighted by Gasteiger charge is -2.22. The van der Waals surface area contributed by atoms with Gasteiger partial charge >= 0.3 is 0 Å². The van der Waals surface area contributed by atoms with Gasteiger partial charge < -0.3 is 0 Å². The zero-order valence-electron chi connectivity index (χ0n) is 14.5. The van der Waals surface area contributed by atoms with Gasteiger partial charge in [0.2, 0.25) is 0 Å². The summed E-state index contributed by atoms with van der Waals surface area (Å²) >= 11 is 3.50. The Morgan fingerprint density at radius 3 is 1.96 bits per heavy atom. The summed E-state index contributed by atoms with van der Waals surface area (Å²) < 4.78 is 0.993. The van der Waals surface area contributed by atoms with Gasteiger partial charge in [0.1, 0.15) is 0 Å². The number of aryl methyl sites for hydroxylation is 2. The van der Waals surface area contributed by atoms with Gasteiger partial charge in [-0.3, -0.25) is 19.9 Å². The number of pyridine rings is 3. The first-order valence-electron chi connectivity index (χ1n) is 8.25. The molecule has 0 aromatic carbocycles. The summed E-state index contributed by atoms with van der Waals surface area (Å²) in [6.45, 7) is 6.37. The van der Waals surface area contributed by atoms with Crippen LogP contribution in [0.1, 0.15) is 28.3 Å². The number of halogens is 1. The third-order valence-electron chi connectivity index (χ3n) is 3.83. The molecular weight excluding hydrogens is 376 g/mol. The van der Waals surface area contributed by atoms with Gasteiger partial charge in [-0.2, -0.15) is 0 Å². The molecule has 4 nitrogen and oxygen atoms in total. The van der Waals surface area contributed by atoms with E-state index in [0.717, 1.165) is 52.4 Å². The summed E-state index contributed by atoms with van der Waals surface area (Å²) in [4.78, 5) is 15.9. The van der Waals surface area contributed by atoms with Gasteiger partial charge in [0.25, 0.3) is 0 Å². The SMILES string of the molecule is Cc1cccc(CN(Cc2cncc(Br)c2)Cc2cccc(C)n2)n1. The molecule has 0 bridgehead atoms. The minimum absolute atomic E-state index is 0.768. The number of hydrogen-bond donors (Lipinski definition) is 0. The van der Waals surface area contributed by atoms with Crippen molar-refractivity contribution in [2.24, 2.45) is 0 Å². The topological polar surface area (TPSA) is 41.9 Å². The highest BCUT2D eigenvalue weighted by Gasteiger charge is 2.11. The van der Waals surface area contributed by atoms with Crippen molar-refractivity contribution in [1.29, 1.82) is 0 Å². The standard InChI is InChI=1S/C20H21BrN4/c1-15-5-3-7-19(23-15)13-25(12-17-9-18(21)11-22-10-17)14-20-8-4-6-16(2)24-20/h3-11H,12-14H2,1-2H3. The van der Waals surface area contributed by atoms with Gasteiger partial charge in [-0.1, -0.05) is 12.1 Å². The molecule has 0 saturated carbocycles. The number of nitrogens with zero attached hydrogens (tertiary/aromatic N) is 4. The van der Waals surface area contributed by atoms with E-state index in [0.29, 0.717) is 0 Å². The molecule has 128 valence electrons. The zero-order chi connectivity index (χ0) is 17.6. The van der Waals surface area contributed by atoms with Crippen molar-refractivity contribution in [1.82, 2.24) is 19.9 Å². The summed E-state index contributed by atoms with van der Waals surface area (Å²) in [7, 11) is 0. The molecule has 0 N–H and O–H groups in total. The van der Waals surface area contributed by atoms with Crippen LogP contribution in [0.5, 0.6) is 0 Å². The molecule has 0 amide bonds. The fourth-order valence-corrected chi connectivity index (χ4v) is 3.21. The normalized spacial score (nSPS) is 11.0. The van der Waals surface area contributed by atoms with Crippen LogP contribution < -0.4 is 0 Å². The molecule has 0 aliphatic heterocycles. The smallest absolute Gasteiger partial charge is 0.0547 e. The summed E-state index contributed by atoms with van der Waals surface area (Å²) in [6.07, 6.45) is 3.71. The monoisotopic (exact) mass is 396 g/mol. The van der Waals surface area contributed by atoms with Gasteiger partial charge in [0.05, 0.1) is 11.4 Å². The maximum Gasteiger partial charge on any atom is 0.0547 e. The Morgan fingerprint density at radius 2 is 1.44 bits per heavy atom. The summed E-state index contributed by atoms with van der Waals surface area (Å²) in [5.41, 5.74) is 5.37. The largest absolute Gasteiger partial charge is 0.287 e. The van der Waals surface area contributed by atoms with E-state index in [4.69, 9.17) is 0 Å². The van der Waals surface area contributed by atoms with E-state index in [-0.39, 0.29) is 0 Å². The summed E-state index contributed by atoms with van der Waals surface area (Å²) in [5.74, 6) is 0. The Morgan fingerprint density at radius 1 is 0.840 bits per heavy atom. The van der Waals surface area contributed by atoms with Crippen LogP contribution in [0.4, 0.5) is 0 Å². The minimum atomic E-state index is 0.768. The van der Waals surface area contributed by atoms with Crippen LogP contribution in [-0.2, 0) is 19.6 Å². The van der Waals surface area contributed by atoms with Crippen molar-refractivity contribution in [2.75, 3.05) is 0 Å². The highest BCUT2D eigenvalue weighted by Crippen LogP contribution is 2.15. The quantitative estimate of drug-likeness (QED) is 0.616. The van der Waals surface area contributed by atoms with E-state index in [1.165, 1.54) is 0 Å². The molecule has 5 heteroatoms. The Bertz CT molecular complexity index is 737. The van der Waals surface area contributed by atoms with Gasteiger partial charge in [0.15, 0.2) is 0 Å². The Kier molecular flexibility index (Phi) is 5.89. The molecule has 0 spiro atoms. The van der Waals surface area contributed by atoms with Crippen LogP contribution in [0.2, 0.25) is 0 Å². The molecule has 0 unspecified atom stereocenters. The average molecular weight is 397 g/mol. The third kappa shape index (κ3) is 5.44. The van der Waals surface area contributed by atoms with Crippen LogP contribution >= 0.6 is 15.9 Å². The molecule has 0 saturated heterocycles. The molecule has 0 atom stereocenters. The predicted molar refractivity (Wildman–Crippen MR) is 103 cm³/mol. The van der Waals surface area contributed by atoms with Crippen molar-refractivity contribution >= 4 is 15.9 Å². The first-order valence-corrected chi connectivity index (χ1v) is 9.04. The molecule has 0 fully saturated rings. The number of aromatic nitrogens is 3. The first-order chi connectivity index (χ1) is 12.1. The van der Waals surface area contributed by atoms with E-state index in [1.807, 2.05) is 32.2 Å². The molecule has 0 aliphatic rings. The van der Waals surface area contributed by atoms with Crippen LogP contribution in [0.15, 0.2) is 59.3 Å². The van der Waals surface area contributed by atoms with Crippen molar-refractivity contribution in [3.8, 4) is 0 Å². The van der Waals surface area contributed by atoms with Gasteiger partial charge in [-0.15, -0.1) is 0 Å². The number of rotatable bonds is 6. The lowest BCUT2D eigenvalue weighted by molar-refractivity contribution is 0.241. The van der Waals surface area contributed by atoms with E-state index >= 15 is 0 Å². The Balaban J connectivity index is 1.82. The van der Waals surface area contributed by atoms with Crippen molar-refractivity contribution < 1.29 is 0 Å². The molecule has 3 rings (SSSR count). The lowest BCUT2D eigenvalue weighted by Crippen LogP contribution is -2.23. The Labute approximate surface area is 157 Å². The second kappa shape index (κ2) is 8.32. The van der Waals surface area contributed by atoms with E-state index in [2.05, 4.69) is 66.1 Å². The molecular formula is C20H21BrN4. The molecule has 25 heavy (non-hydrogen) atoms. The maximum absolute atomic E-state index is 4.64.